The molecule has 0 bridgehead atoms. The molecule has 3 nitrogen and oxygen atoms in total. The second kappa shape index (κ2) is 6.09. The van der Waals surface area contributed by atoms with Crippen molar-refractivity contribution >= 4 is 23.3 Å². The lowest BCUT2D eigenvalue weighted by Crippen LogP contribution is -2.29. The molecule has 80 valence electrons. The number of urea groups is 1. The van der Waals surface area contributed by atoms with Crippen LogP contribution in [-0.2, 0) is 0 Å². The Morgan fingerprint density at radius 2 is 2.33 bits per heavy atom. The SMILES string of the molecule is C=CCCNC(=O)Nc1cccc(Cl)c1. The maximum Gasteiger partial charge on any atom is 0.319 e. The van der Waals surface area contributed by atoms with Crippen LogP contribution < -0.4 is 10.6 Å². The molecule has 1 rings (SSSR count). The Labute approximate surface area is 94.1 Å². The molecule has 0 aliphatic rings. The first kappa shape index (κ1) is 11.6. The maximum atomic E-state index is 11.3. The monoisotopic (exact) mass is 224 g/mol. The molecule has 0 unspecified atom stereocenters. The van der Waals surface area contributed by atoms with Gasteiger partial charge in [-0.15, -0.1) is 6.58 Å². The van der Waals surface area contributed by atoms with Crippen LogP contribution in [0.15, 0.2) is 36.9 Å². The first-order chi connectivity index (χ1) is 7.22. The third kappa shape index (κ3) is 4.51. The zero-order chi connectivity index (χ0) is 11.1. The number of anilines is 1. The van der Waals surface area contributed by atoms with Crippen molar-refractivity contribution in [2.45, 2.75) is 6.42 Å². The van der Waals surface area contributed by atoms with Crippen molar-refractivity contribution in [1.29, 1.82) is 0 Å². The molecule has 0 atom stereocenters. The largest absolute Gasteiger partial charge is 0.338 e. The number of nitrogens with one attached hydrogen (secondary N) is 2. The number of benzene rings is 1. The molecule has 2 amide bonds. The molecule has 0 saturated carbocycles. The summed E-state index contributed by atoms with van der Waals surface area (Å²) in [5.41, 5.74) is 0.679. The highest BCUT2D eigenvalue weighted by Crippen LogP contribution is 2.14. The zero-order valence-electron chi connectivity index (χ0n) is 8.29. The topological polar surface area (TPSA) is 41.1 Å². The number of hydrogen-bond acceptors (Lipinski definition) is 1. The van der Waals surface area contributed by atoms with Gasteiger partial charge in [0.15, 0.2) is 0 Å². The summed E-state index contributed by atoms with van der Waals surface area (Å²) in [7, 11) is 0. The minimum Gasteiger partial charge on any atom is -0.338 e. The van der Waals surface area contributed by atoms with Crippen LogP contribution in [0.4, 0.5) is 10.5 Å². The Balaban J connectivity index is 2.40. The van der Waals surface area contributed by atoms with Crippen molar-refractivity contribution in [2.24, 2.45) is 0 Å². The predicted molar refractivity (Wildman–Crippen MR) is 63.3 cm³/mol. The van der Waals surface area contributed by atoms with Gasteiger partial charge < -0.3 is 10.6 Å². The van der Waals surface area contributed by atoms with Gasteiger partial charge >= 0.3 is 6.03 Å². The highest BCUT2D eigenvalue weighted by atomic mass is 35.5. The molecule has 0 heterocycles. The second-order valence-electron chi connectivity index (χ2n) is 2.97. The average molecular weight is 225 g/mol. The minimum absolute atomic E-state index is 0.237. The van der Waals surface area contributed by atoms with E-state index in [9.17, 15) is 4.79 Å². The van der Waals surface area contributed by atoms with Crippen LogP contribution in [0.3, 0.4) is 0 Å². The summed E-state index contributed by atoms with van der Waals surface area (Å²) >= 11 is 5.77. The van der Waals surface area contributed by atoms with Gasteiger partial charge in [-0.3, -0.25) is 0 Å². The van der Waals surface area contributed by atoms with Gasteiger partial charge in [-0.05, 0) is 24.6 Å². The van der Waals surface area contributed by atoms with Crippen LogP contribution in [0.1, 0.15) is 6.42 Å². The van der Waals surface area contributed by atoms with Gasteiger partial charge in [0.25, 0.3) is 0 Å². The maximum absolute atomic E-state index is 11.3. The fourth-order valence-electron chi connectivity index (χ4n) is 1.03. The standard InChI is InChI=1S/C11H13ClN2O/c1-2-3-7-13-11(15)14-10-6-4-5-9(12)8-10/h2,4-6,8H,1,3,7H2,(H2,13,14,15). The molecular formula is C11H13ClN2O. The summed E-state index contributed by atoms with van der Waals surface area (Å²) in [6.07, 6.45) is 2.50. The first-order valence-electron chi connectivity index (χ1n) is 4.63. The smallest absolute Gasteiger partial charge is 0.319 e. The molecule has 0 fully saturated rings. The fraction of sp³-hybridized carbons (Fsp3) is 0.182. The molecule has 15 heavy (non-hydrogen) atoms. The van der Waals surface area contributed by atoms with Crippen LogP contribution in [0.2, 0.25) is 5.02 Å². The number of carbonyl (C=O) groups excluding carboxylic acids is 1. The van der Waals surface area contributed by atoms with Crippen molar-refractivity contribution in [1.82, 2.24) is 5.32 Å². The lowest BCUT2D eigenvalue weighted by Gasteiger charge is -2.06. The van der Waals surface area contributed by atoms with Crippen molar-refractivity contribution in [3.63, 3.8) is 0 Å². The van der Waals surface area contributed by atoms with Gasteiger partial charge in [-0.2, -0.15) is 0 Å². The first-order valence-corrected chi connectivity index (χ1v) is 5.01. The minimum atomic E-state index is -0.237. The van der Waals surface area contributed by atoms with E-state index in [1.54, 1.807) is 30.3 Å². The molecule has 0 radical (unpaired) electrons. The molecular weight excluding hydrogens is 212 g/mol. The van der Waals surface area contributed by atoms with Crippen molar-refractivity contribution in [3.05, 3.63) is 41.9 Å². The average Bonchev–Trinajstić information content (AvgIpc) is 2.18. The quantitative estimate of drug-likeness (QED) is 0.599. The summed E-state index contributed by atoms with van der Waals surface area (Å²) in [6, 6.07) is 6.76. The molecule has 0 spiro atoms. The Morgan fingerprint density at radius 1 is 1.53 bits per heavy atom. The number of amides is 2. The summed E-state index contributed by atoms with van der Waals surface area (Å²) in [5, 5.41) is 5.96. The van der Waals surface area contributed by atoms with E-state index >= 15 is 0 Å². The Kier molecular flexibility index (Phi) is 4.71. The Bertz CT molecular complexity index is 352. The van der Waals surface area contributed by atoms with Gasteiger partial charge in [-0.25, -0.2) is 4.79 Å². The van der Waals surface area contributed by atoms with E-state index in [1.807, 2.05) is 0 Å². The van der Waals surface area contributed by atoms with Crippen LogP contribution in [0.25, 0.3) is 0 Å². The van der Waals surface area contributed by atoms with E-state index < -0.39 is 0 Å². The van der Waals surface area contributed by atoms with Crippen LogP contribution in [-0.4, -0.2) is 12.6 Å². The van der Waals surface area contributed by atoms with Crippen LogP contribution in [0.5, 0.6) is 0 Å². The third-order valence-electron chi connectivity index (χ3n) is 1.72. The van der Waals surface area contributed by atoms with E-state index in [1.165, 1.54) is 0 Å². The van der Waals surface area contributed by atoms with Gasteiger partial charge in [0.1, 0.15) is 0 Å². The van der Waals surface area contributed by atoms with E-state index in [2.05, 4.69) is 17.2 Å². The highest BCUT2D eigenvalue weighted by molar-refractivity contribution is 6.30. The van der Waals surface area contributed by atoms with Crippen LogP contribution >= 0.6 is 11.6 Å². The van der Waals surface area contributed by atoms with Gasteiger partial charge in [0.05, 0.1) is 0 Å². The number of hydrogen-bond donors (Lipinski definition) is 2. The summed E-state index contributed by atoms with van der Waals surface area (Å²) in [6.45, 7) is 4.14. The second-order valence-corrected chi connectivity index (χ2v) is 3.41. The van der Waals surface area contributed by atoms with Crippen molar-refractivity contribution in [3.8, 4) is 0 Å². The van der Waals surface area contributed by atoms with E-state index in [0.29, 0.717) is 17.3 Å². The lowest BCUT2D eigenvalue weighted by molar-refractivity contribution is 0.252. The van der Waals surface area contributed by atoms with Crippen molar-refractivity contribution in [2.75, 3.05) is 11.9 Å². The molecule has 2 N–H and O–H groups in total. The molecule has 0 aromatic heterocycles. The number of halogens is 1. The predicted octanol–water partition coefficient (Wildman–Crippen LogP) is 3.04. The Morgan fingerprint density at radius 3 is 3.00 bits per heavy atom. The van der Waals surface area contributed by atoms with Crippen molar-refractivity contribution < 1.29 is 4.79 Å². The fourth-order valence-corrected chi connectivity index (χ4v) is 1.22. The van der Waals surface area contributed by atoms with E-state index in [0.717, 1.165) is 6.42 Å². The van der Waals surface area contributed by atoms with Gasteiger partial charge in [0.2, 0.25) is 0 Å². The summed E-state index contributed by atoms with van der Waals surface area (Å²) < 4.78 is 0. The van der Waals surface area contributed by atoms with Gasteiger partial charge in [-0.1, -0.05) is 23.7 Å². The highest BCUT2D eigenvalue weighted by Gasteiger charge is 1.99. The number of carbonyl (C=O) groups is 1. The third-order valence-corrected chi connectivity index (χ3v) is 1.95. The molecule has 4 heteroatoms. The molecule has 1 aromatic rings. The summed E-state index contributed by atoms with van der Waals surface area (Å²) in [5.74, 6) is 0. The Hall–Kier alpha value is -1.48. The lowest BCUT2D eigenvalue weighted by atomic mass is 10.3. The number of rotatable bonds is 4. The molecule has 1 aromatic carbocycles. The molecule has 0 saturated heterocycles. The molecule has 0 aliphatic heterocycles. The van der Waals surface area contributed by atoms with E-state index in [4.69, 9.17) is 11.6 Å². The molecule has 0 aliphatic carbocycles. The van der Waals surface area contributed by atoms with Gasteiger partial charge in [0, 0.05) is 17.3 Å². The summed E-state index contributed by atoms with van der Waals surface area (Å²) in [4.78, 5) is 11.3. The zero-order valence-corrected chi connectivity index (χ0v) is 9.05. The van der Waals surface area contributed by atoms with Crippen LogP contribution in [0, 0.1) is 0 Å². The van der Waals surface area contributed by atoms with E-state index in [-0.39, 0.29) is 6.03 Å². The normalized spacial score (nSPS) is 9.40.